The van der Waals surface area contributed by atoms with Gasteiger partial charge in [-0.1, -0.05) is 76.6 Å². The van der Waals surface area contributed by atoms with Crippen LogP contribution in [0.1, 0.15) is 97.7 Å². The minimum Gasteiger partial charge on any atom is -0.393 e. The average molecular weight is 449 g/mol. The van der Waals surface area contributed by atoms with Crippen LogP contribution in [0.4, 0.5) is 0 Å². The molecule has 0 amide bonds. The van der Waals surface area contributed by atoms with Crippen molar-refractivity contribution < 1.29 is 10.2 Å². The molecule has 1 aromatic rings. The summed E-state index contributed by atoms with van der Waals surface area (Å²) in [6, 6.07) is 10.2. The Morgan fingerprint density at radius 3 is 2.42 bits per heavy atom. The van der Waals surface area contributed by atoms with Gasteiger partial charge in [-0.3, -0.25) is 0 Å². The first kappa shape index (κ1) is 23.4. The van der Waals surface area contributed by atoms with Crippen LogP contribution in [0.25, 0.3) is 0 Å². The van der Waals surface area contributed by atoms with Crippen molar-refractivity contribution in [3.8, 4) is 0 Å². The summed E-state index contributed by atoms with van der Waals surface area (Å²) in [7, 11) is 0. The largest absolute Gasteiger partial charge is 0.393 e. The molecule has 0 bridgehead atoms. The first-order valence-electron chi connectivity index (χ1n) is 13.4. The van der Waals surface area contributed by atoms with Gasteiger partial charge >= 0.3 is 0 Å². The van der Waals surface area contributed by atoms with Gasteiger partial charge in [0.25, 0.3) is 0 Å². The first-order chi connectivity index (χ1) is 15.6. The monoisotopic (exact) mass is 448 g/mol. The zero-order chi connectivity index (χ0) is 23.6. The van der Waals surface area contributed by atoms with E-state index in [2.05, 4.69) is 52.8 Å². The second kappa shape index (κ2) is 8.09. The molecule has 0 saturated heterocycles. The predicted octanol–water partition coefficient (Wildman–Crippen LogP) is 7.39. The van der Waals surface area contributed by atoms with Crippen molar-refractivity contribution in [1.29, 1.82) is 0 Å². The normalized spacial score (nSPS) is 39.2. The molecule has 4 aliphatic carbocycles. The summed E-state index contributed by atoms with van der Waals surface area (Å²) < 4.78 is 0. The van der Waals surface area contributed by atoms with E-state index in [-0.39, 0.29) is 28.5 Å². The number of benzene rings is 1. The molecule has 4 aliphatic rings. The maximum Gasteiger partial charge on any atom is 0.0792 e. The van der Waals surface area contributed by atoms with Gasteiger partial charge in [-0.05, 0) is 102 Å². The quantitative estimate of drug-likeness (QED) is 0.504. The van der Waals surface area contributed by atoms with Gasteiger partial charge in [0, 0.05) is 0 Å². The summed E-state index contributed by atoms with van der Waals surface area (Å²) in [5, 5.41) is 21.7. The van der Waals surface area contributed by atoms with Crippen LogP contribution in [-0.2, 0) is 0 Å². The molecule has 1 saturated carbocycles. The standard InChI is InChI=1S/C31H44O2/c1-20(19-26(32)21-9-7-6-8-10-21)23-12-13-24-22-11-14-27-29(2,3)28(33)16-18-31(27,5)25(22)15-17-30(23,24)4/h6-10,13,20,23,26-28,32-33H,11-12,14-19H2,1-5H3/t20-,23-,26?,27+,28-,30-,31-/m1/s1. The van der Waals surface area contributed by atoms with Crippen LogP contribution >= 0.6 is 0 Å². The van der Waals surface area contributed by atoms with Gasteiger partial charge in [0.05, 0.1) is 12.2 Å². The Labute approximate surface area is 201 Å². The molecule has 0 radical (unpaired) electrons. The summed E-state index contributed by atoms with van der Waals surface area (Å²) in [6.07, 6.45) is 10.9. The van der Waals surface area contributed by atoms with Gasteiger partial charge in [-0.15, -0.1) is 0 Å². The van der Waals surface area contributed by atoms with Gasteiger partial charge in [0.15, 0.2) is 0 Å². The molecule has 2 heteroatoms. The molecular formula is C31H44O2. The molecule has 0 heterocycles. The Bertz CT molecular complexity index is 956. The second-order valence-electron chi connectivity index (χ2n) is 12.9. The summed E-state index contributed by atoms with van der Waals surface area (Å²) in [5.74, 6) is 1.67. The van der Waals surface area contributed by atoms with Crippen molar-refractivity contribution >= 4 is 0 Å². The number of aliphatic hydroxyl groups is 2. The highest BCUT2D eigenvalue weighted by atomic mass is 16.3. The molecule has 180 valence electrons. The van der Waals surface area contributed by atoms with Crippen LogP contribution in [0.2, 0.25) is 0 Å². The Morgan fingerprint density at radius 1 is 0.970 bits per heavy atom. The van der Waals surface area contributed by atoms with E-state index in [0.717, 1.165) is 31.2 Å². The lowest BCUT2D eigenvalue weighted by Crippen LogP contribution is -2.53. The number of aliphatic hydroxyl groups excluding tert-OH is 2. The average Bonchev–Trinajstić information content (AvgIpc) is 3.14. The number of rotatable bonds is 4. The third kappa shape index (κ3) is 3.50. The van der Waals surface area contributed by atoms with E-state index in [1.54, 1.807) is 16.7 Å². The molecule has 5 rings (SSSR count). The maximum absolute atomic E-state index is 10.9. The van der Waals surface area contributed by atoms with Crippen molar-refractivity contribution in [2.75, 3.05) is 0 Å². The van der Waals surface area contributed by atoms with Crippen LogP contribution < -0.4 is 0 Å². The minimum absolute atomic E-state index is 0.000956. The molecule has 0 spiro atoms. The lowest BCUT2D eigenvalue weighted by molar-refractivity contribution is -0.0905. The Hall–Kier alpha value is -1.38. The summed E-state index contributed by atoms with van der Waals surface area (Å²) in [4.78, 5) is 0. The van der Waals surface area contributed by atoms with Gasteiger partial charge < -0.3 is 10.2 Å². The Kier molecular flexibility index (Phi) is 5.73. The second-order valence-corrected chi connectivity index (χ2v) is 12.9. The Balaban J connectivity index is 1.39. The van der Waals surface area contributed by atoms with Crippen molar-refractivity contribution in [2.45, 2.75) is 98.2 Å². The summed E-state index contributed by atoms with van der Waals surface area (Å²) in [5.41, 5.74) is 6.60. The highest BCUT2D eigenvalue weighted by Crippen LogP contribution is 2.66. The maximum atomic E-state index is 10.9. The molecule has 33 heavy (non-hydrogen) atoms. The van der Waals surface area contributed by atoms with E-state index in [0.29, 0.717) is 17.8 Å². The van der Waals surface area contributed by atoms with Crippen LogP contribution in [0.15, 0.2) is 53.1 Å². The van der Waals surface area contributed by atoms with Crippen molar-refractivity contribution in [3.63, 3.8) is 0 Å². The van der Waals surface area contributed by atoms with Gasteiger partial charge in [0.1, 0.15) is 0 Å². The minimum atomic E-state index is -0.377. The lowest BCUT2D eigenvalue weighted by atomic mass is 9.46. The molecule has 0 aromatic heterocycles. The van der Waals surface area contributed by atoms with E-state index in [1.807, 2.05) is 18.2 Å². The van der Waals surface area contributed by atoms with E-state index in [4.69, 9.17) is 0 Å². The molecule has 2 nitrogen and oxygen atoms in total. The fraction of sp³-hybridized carbons (Fsp3) is 0.677. The van der Waals surface area contributed by atoms with E-state index < -0.39 is 0 Å². The van der Waals surface area contributed by atoms with E-state index >= 15 is 0 Å². The fourth-order valence-electron chi connectivity index (χ4n) is 8.90. The number of hydrogen-bond donors (Lipinski definition) is 2. The lowest BCUT2D eigenvalue weighted by Gasteiger charge is -2.59. The van der Waals surface area contributed by atoms with Crippen LogP contribution in [-0.4, -0.2) is 16.3 Å². The highest BCUT2D eigenvalue weighted by Gasteiger charge is 2.57. The third-order valence-corrected chi connectivity index (χ3v) is 10.9. The zero-order valence-corrected chi connectivity index (χ0v) is 21.4. The molecule has 0 aliphatic heterocycles. The van der Waals surface area contributed by atoms with Crippen LogP contribution in [0.3, 0.4) is 0 Å². The molecule has 1 fully saturated rings. The molecular weight excluding hydrogens is 404 g/mol. The number of hydrogen-bond acceptors (Lipinski definition) is 2. The van der Waals surface area contributed by atoms with Crippen LogP contribution in [0, 0.1) is 34.0 Å². The topological polar surface area (TPSA) is 40.5 Å². The first-order valence-corrected chi connectivity index (χ1v) is 13.4. The van der Waals surface area contributed by atoms with Gasteiger partial charge in [0.2, 0.25) is 0 Å². The predicted molar refractivity (Wildman–Crippen MR) is 136 cm³/mol. The van der Waals surface area contributed by atoms with E-state index in [9.17, 15) is 10.2 Å². The van der Waals surface area contributed by atoms with E-state index in [1.165, 1.54) is 25.7 Å². The van der Waals surface area contributed by atoms with Crippen molar-refractivity contribution in [3.05, 3.63) is 58.7 Å². The van der Waals surface area contributed by atoms with Crippen molar-refractivity contribution in [1.82, 2.24) is 0 Å². The summed E-state index contributed by atoms with van der Waals surface area (Å²) >= 11 is 0. The molecule has 2 N–H and O–H groups in total. The summed E-state index contributed by atoms with van der Waals surface area (Å²) in [6.45, 7) is 12.0. The van der Waals surface area contributed by atoms with Crippen molar-refractivity contribution in [2.24, 2.45) is 34.0 Å². The SMILES string of the molecule is C[C@H](CC(O)c1ccccc1)[C@H]1CC=C2C3=C(CC[C@@]21C)[C@@]1(C)CC[C@@H](O)C(C)(C)[C@@H]1CC3. The fourth-order valence-corrected chi connectivity index (χ4v) is 8.90. The molecule has 7 atom stereocenters. The molecule has 1 unspecified atom stereocenters. The smallest absolute Gasteiger partial charge is 0.0792 e. The zero-order valence-electron chi connectivity index (χ0n) is 21.4. The Morgan fingerprint density at radius 2 is 1.70 bits per heavy atom. The number of allylic oxidation sites excluding steroid dienone is 4. The third-order valence-electron chi connectivity index (χ3n) is 10.9. The van der Waals surface area contributed by atoms with Crippen LogP contribution in [0.5, 0.6) is 0 Å². The highest BCUT2D eigenvalue weighted by molar-refractivity contribution is 5.49. The van der Waals surface area contributed by atoms with Gasteiger partial charge in [-0.2, -0.15) is 0 Å². The van der Waals surface area contributed by atoms with Gasteiger partial charge in [-0.25, -0.2) is 0 Å². The number of fused-ring (bicyclic) bond motifs is 4. The molecule has 1 aromatic carbocycles.